The summed E-state index contributed by atoms with van der Waals surface area (Å²) in [6.45, 7) is 4.86. The van der Waals surface area contributed by atoms with Crippen LogP contribution in [0.1, 0.15) is 36.0 Å². The van der Waals surface area contributed by atoms with E-state index in [1.165, 1.54) is 13.2 Å². The minimum atomic E-state index is -0.808. The summed E-state index contributed by atoms with van der Waals surface area (Å²) in [4.78, 5) is 24.4. The number of nitrogens with two attached hydrogens (primary N) is 1. The highest BCUT2D eigenvalue weighted by Crippen LogP contribution is 2.26. The lowest BCUT2D eigenvalue weighted by molar-refractivity contribution is 0.0601. The molecule has 0 unspecified atom stereocenters. The second-order valence-electron chi connectivity index (χ2n) is 7.83. The first-order valence-corrected chi connectivity index (χ1v) is 11.9. The number of halogens is 4. The summed E-state index contributed by atoms with van der Waals surface area (Å²) in [5.41, 5.74) is 5.59. The number of para-hydroxylation sites is 1. The number of anilines is 2. The van der Waals surface area contributed by atoms with Gasteiger partial charge in [0, 0.05) is 6.54 Å². The summed E-state index contributed by atoms with van der Waals surface area (Å²) >= 11 is 0. The lowest BCUT2D eigenvalue weighted by Gasteiger charge is -2.14. The fourth-order valence-corrected chi connectivity index (χ4v) is 3.24. The predicted octanol–water partition coefficient (Wildman–Crippen LogP) is 4.60. The molecule has 2 aromatic carbocycles. The minimum absolute atomic E-state index is 0. The molecule has 2 aromatic rings. The number of esters is 1. The van der Waals surface area contributed by atoms with Crippen molar-refractivity contribution < 1.29 is 23.5 Å². The van der Waals surface area contributed by atoms with Crippen molar-refractivity contribution in [1.29, 1.82) is 0 Å². The molecule has 0 fully saturated rings. The highest BCUT2D eigenvalue weighted by Gasteiger charge is 2.19. The summed E-state index contributed by atoms with van der Waals surface area (Å²) in [5, 5.41) is 12.2. The highest BCUT2D eigenvalue weighted by molar-refractivity contribution is 6.01. The number of ether oxygens (including phenoxy) is 2. The lowest BCUT2D eigenvalue weighted by Crippen LogP contribution is -2.22. The molecule has 0 aliphatic rings. The van der Waals surface area contributed by atoms with Crippen molar-refractivity contribution in [2.75, 3.05) is 57.0 Å². The molecule has 0 aliphatic carbocycles. The van der Waals surface area contributed by atoms with Crippen LogP contribution in [0.3, 0.4) is 0 Å². The maximum Gasteiger partial charge on any atom is 0.417 e. The van der Waals surface area contributed by atoms with Gasteiger partial charge in [0.05, 0.1) is 24.0 Å². The first-order chi connectivity index (χ1) is 17.0. The van der Waals surface area contributed by atoms with E-state index < -0.39 is 17.9 Å². The van der Waals surface area contributed by atoms with Gasteiger partial charge in [-0.2, -0.15) is 0 Å². The van der Waals surface area contributed by atoms with Crippen LogP contribution in [-0.4, -0.2) is 58.4 Å². The van der Waals surface area contributed by atoms with E-state index in [2.05, 4.69) is 21.3 Å². The van der Waals surface area contributed by atoms with Crippen LogP contribution in [0.25, 0.3) is 0 Å². The van der Waals surface area contributed by atoms with Gasteiger partial charge in [-0.05, 0) is 82.7 Å². The average molecular weight is 599 g/mol. The number of methoxy groups -OCH3 is 1. The van der Waals surface area contributed by atoms with Crippen LogP contribution in [-0.2, 0) is 4.74 Å². The van der Waals surface area contributed by atoms with Gasteiger partial charge < -0.3 is 31.2 Å². The molecule has 2 rings (SSSR count). The van der Waals surface area contributed by atoms with E-state index in [9.17, 15) is 14.0 Å². The zero-order chi connectivity index (χ0) is 25.3. The van der Waals surface area contributed by atoms with E-state index in [0.717, 1.165) is 57.9 Å². The molecule has 0 heterocycles. The van der Waals surface area contributed by atoms with Crippen molar-refractivity contribution in [3.63, 3.8) is 0 Å². The Hall–Kier alpha value is -2.34. The van der Waals surface area contributed by atoms with Crippen LogP contribution in [0.2, 0.25) is 0 Å². The van der Waals surface area contributed by atoms with E-state index in [1.807, 2.05) is 0 Å². The Morgan fingerprint density at radius 1 is 0.842 bits per heavy atom. The van der Waals surface area contributed by atoms with Gasteiger partial charge in [0.15, 0.2) is 0 Å². The predicted molar refractivity (Wildman–Crippen MR) is 157 cm³/mol. The molecule has 9 nitrogen and oxygen atoms in total. The lowest BCUT2D eigenvalue weighted by atomic mass is 10.1. The summed E-state index contributed by atoms with van der Waals surface area (Å²) < 4.78 is 24.5. The Morgan fingerprint density at radius 3 is 2.05 bits per heavy atom. The van der Waals surface area contributed by atoms with Gasteiger partial charge in [-0.1, -0.05) is 18.2 Å². The van der Waals surface area contributed by atoms with Crippen LogP contribution in [0.4, 0.5) is 20.6 Å². The maximum absolute atomic E-state index is 14.6. The zero-order valence-electron chi connectivity index (χ0n) is 21.4. The van der Waals surface area contributed by atoms with Gasteiger partial charge in [-0.25, -0.2) is 14.0 Å². The summed E-state index contributed by atoms with van der Waals surface area (Å²) in [7, 11) is 1.18. The summed E-state index contributed by atoms with van der Waals surface area (Å²) in [6.07, 6.45) is 3.12. The fourth-order valence-electron chi connectivity index (χ4n) is 3.24. The van der Waals surface area contributed by atoms with E-state index in [0.29, 0.717) is 18.8 Å². The van der Waals surface area contributed by atoms with Crippen LogP contribution in [0.5, 0.6) is 5.75 Å². The number of hydrogen-bond acceptors (Lipinski definition) is 8. The third-order valence-electron chi connectivity index (χ3n) is 5.06. The van der Waals surface area contributed by atoms with Crippen LogP contribution >= 0.6 is 37.2 Å². The van der Waals surface area contributed by atoms with Crippen LogP contribution < -0.4 is 31.7 Å². The Labute approximate surface area is 242 Å². The normalized spacial score (nSPS) is 9.76. The van der Waals surface area contributed by atoms with Gasteiger partial charge in [-0.15, -0.1) is 37.2 Å². The van der Waals surface area contributed by atoms with Crippen molar-refractivity contribution in [3.05, 3.63) is 53.8 Å². The minimum Gasteiger partial charge on any atom is -0.465 e. The first-order valence-electron chi connectivity index (χ1n) is 11.9. The SMILES string of the molecule is COC(=O)c1cc(F)c(NCCCNCCCCNCCCN)cc1NC(=O)Oc1ccccc1.Cl.Cl.Cl. The number of nitrogens with one attached hydrogen (secondary N) is 4. The molecule has 0 saturated carbocycles. The Morgan fingerprint density at radius 2 is 1.45 bits per heavy atom. The Bertz CT molecular complexity index is 929. The molecule has 0 aliphatic heterocycles. The number of unbranched alkanes of at least 4 members (excludes halogenated alkanes) is 1. The molecule has 0 bridgehead atoms. The molecule has 0 radical (unpaired) electrons. The van der Waals surface area contributed by atoms with Crippen molar-refractivity contribution in [1.82, 2.24) is 10.6 Å². The molecule has 0 saturated heterocycles. The quantitative estimate of drug-likeness (QED) is 0.140. The first kappa shape index (κ1) is 37.8. The molecule has 6 N–H and O–H groups in total. The molecule has 216 valence electrons. The number of benzene rings is 2. The number of hydrogen-bond donors (Lipinski definition) is 5. The third kappa shape index (κ3) is 14.6. The Kier molecular flexibility index (Phi) is 22.5. The van der Waals surface area contributed by atoms with Crippen LogP contribution in [0, 0.1) is 5.82 Å². The van der Waals surface area contributed by atoms with Crippen molar-refractivity contribution in [2.45, 2.75) is 25.7 Å². The van der Waals surface area contributed by atoms with E-state index in [1.54, 1.807) is 30.3 Å². The molecule has 0 atom stereocenters. The molecular formula is C25H39Cl3FN5O4. The summed E-state index contributed by atoms with van der Waals surface area (Å²) in [6, 6.07) is 10.9. The highest BCUT2D eigenvalue weighted by atomic mass is 35.5. The number of carbonyl (C=O) groups is 2. The molecule has 13 heteroatoms. The van der Waals surface area contributed by atoms with Crippen molar-refractivity contribution in [2.24, 2.45) is 5.73 Å². The number of carbonyl (C=O) groups excluding carboxylic acids is 2. The van der Waals surface area contributed by atoms with E-state index >= 15 is 0 Å². The van der Waals surface area contributed by atoms with Crippen molar-refractivity contribution >= 4 is 60.7 Å². The van der Waals surface area contributed by atoms with Gasteiger partial charge >= 0.3 is 12.1 Å². The second-order valence-corrected chi connectivity index (χ2v) is 7.83. The smallest absolute Gasteiger partial charge is 0.417 e. The second kappa shape index (κ2) is 22.6. The van der Waals surface area contributed by atoms with Gasteiger partial charge in [0.25, 0.3) is 0 Å². The van der Waals surface area contributed by atoms with Crippen LogP contribution in [0.15, 0.2) is 42.5 Å². The monoisotopic (exact) mass is 597 g/mol. The molecule has 0 spiro atoms. The fraction of sp³-hybridized carbons (Fsp3) is 0.440. The standard InChI is InChI=1S/C25H36FN5O4.3ClH/c1-34-24(32)20-17-21(26)23(18-22(20)31-25(33)35-19-9-3-2-4-10-19)30-16-8-15-29-13-6-5-12-28-14-7-11-27;;;/h2-4,9-10,17-18,28-30H,5-8,11-16,27H2,1H3,(H,31,33);3*1H. The largest absolute Gasteiger partial charge is 0.465 e. The average Bonchev–Trinajstić information content (AvgIpc) is 2.86. The topological polar surface area (TPSA) is 127 Å². The van der Waals surface area contributed by atoms with Gasteiger partial charge in [0.2, 0.25) is 0 Å². The molecule has 1 amide bonds. The number of rotatable bonds is 16. The Balaban J connectivity index is 0. The summed E-state index contributed by atoms with van der Waals surface area (Å²) in [5.74, 6) is -1.06. The third-order valence-corrected chi connectivity index (χ3v) is 5.06. The number of amides is 1. The van der Waals surface area contributed by atoms with E-state index in [4.69, 9.17) is 15.2 Å². The molecular weight excluding hydrogens is 560 g/mol. The van der Waals surface area contributed by atoms with Crippen molar-refractivity contribution in [3.8, 4) is 5.75 Å². The zero-order valence-corrected chi connectivity index (χ0v) is 23.9. The van der Waals surface area contributed by atoms with Gasteiger partial charge in [-0.3, -0.25) is 5.32 Å². The maximum atomic E-state index is 14.6. The van der Waals surface area contributed by atoms with Gasteiger partial charge in [0.1, 0.15) is 11.6 Å². The molecule has 0 aromatic heterocycles. The molecule has 38 heavy (non-hydrogen) atoms. The van der Waals surface area contributed by atoms with E-state index in [-0.39, 0.29) is 54.2 Å².